The standard InChI is InChI=1S/C27H19F7N4O3/c1-25(2)23(39)38(17-8-7-15(13-35)19(11-17)26(29,30)31)24(40)37(25)14-16-5-3-4-6-21(16)36-22-10-9-18(12-20(22)28)41-27(32,33)34/h3-12,36H,14H2,1-2H3. The van der Waals surface area contributed by atoms with Crippen molar-refractivity contribution >= 4 is 29.0 Å². The predicted octanol–water partition coefficient (Wildman–Crippen LogP) is 7.11. The van der Waals surface area contributed by atoms with Crippen LogP contribution in [-0.4, -0.2) is 28.7 Å². The lowest BCUT2D eigenvalue weighted by Crippen LogP contribution is -2.43. The van der Waals surface area contributed by atoms with Crippen molar-refractivity contribution in [3.63, 3.8) is 0 Å². The minimum Gasteiger partial charge on any atom is -0.406 e. The summed E-state index contributed by atoms with van der Waals surface area (Å²) in [5.74, 6) is -2.66. The molecule has 0 aliphatic carbocycles. The number of carbonyl (C=O) groups excluding carboxylic acids is 2. The molecule has 0 unspecified atom stereocenters. The third-order valence-electron chi connectivity index (χ3n) is 6.30. The molecule has 41 heavy (non-hydrogen) atoms. The molecule has 0 spiro atoms. The van der Waals surface area contributed by atoms with Crippen molar-refractivity contribution in [1.82, 2.24) is 4.90 Å². The lowest BCUT2D eigenvalue weighted by Gasteiger charge is -2.28. The van der Waals surface area contributed by atoms with Crippen LogP contribution in [0.5, 0.6) is 5.75 Å². The fraction of sp³-hybridized carbons (Fsp3) is 0.222. The van der Waals surface area contributed by atoms with Gasteiger partial charge in [0.15, 0.2) is 0 Å². The summed E-state index contributed by atoms with van der Waals surface area (Å²) < 4.78 is 96.2. The quantitative estimate of drug-likeness (QED) is 0.248. The van der Waals surface area contributed by atoms with Crippen LogP contribution in [0.1, 0.15) is 30.5 Å². The number of halogens is 7. The molecule has 1 fully saturated rings. The number of nitriles is 1. The molecule has 214 valence electrons. The van der Waals surface area contributed by atoms with Gasteiger partial charge in [0, 0.05) is 11.8 Å². The number of amides is 3. The molecule has 3 aromatic rings. The van der Waals surface area contributed by atoms with Crippen LogP contribution < -0.4 is 15.0 Å². The number of nitrogens with zero attached hydrogens (tertiary/aromatic N) is 3. The highest BCUT2D eigenvalue weighted by atomic mass is 19.4. The van der Waals surface area contributed by atoms with Gasteiger partial charge in [-0.2, -0.15) is 18.4 Å². The molecule has 7 nitrogen and oxygen atoms in total. The first-order valence-electron chi connectivity index (χ1n) is 11.7. The van der Waals surface area contributed by atoms with E-state index in [4.69, 9.17) is 5.26 Å². The van der Waals surface area contributed by atoms with Gasteiger partial charge in [0.2, 0.25) is 0 Å². The van der Waals surface area contributed by atoms with Crippen LogP contribution in [0.3, 0.4) is 0 Å². The number of anilines is 3. The number of hydrogen-bond donors (Lipinski definition) is 1. The second-order valence-corrected chi connectivity index (χ2v) is 9.38. The summed E-state index contributed by atoms with van der Waals surface area (Å²) in [6, 6.07) is 11.6. The molecular formula is C27H19F7N4O3. The van der Waals surface area contributed by atoms with Crippen LogP contribution in [0, 0.1) is 17.1 Å². The van der Waals surface area contributed by atoms with E-state index < -0.39 is 52.7 Å². The Balaban J connectivity index is 1.64. The Kier molecular flexibility index (Phi) is 7.34. The average molecular weight is 580 g/mol. The van der Waals surface area contributed by atoms with Crippen molar-refractivity contribution in [2.75, 3.05) is 10.2 Å². The number of rotatable bonds is 6. The topological polar surface area (TPSA) is 85.7 Å². The van der Waals surface area contributed by atoms with Gasteiger partial charge in [0.1, 0.15) is 17.1 Å². The number of para-hydroxylation sites is 1. The Hall–Kier alpha value is -4.80. The van der Waals surface area contributed by atoms with Gasteiger partial charge < -0.3 is 15.0 Å². The minimum absolute atomic E-state index is 0.214. The summed E-state index contributed by atoms with van der Waals surface area (Å²) in [7, 11) is 0. The predicted molar refractivity (Wildman–Crippen MR) is 131 cm³/mol. The van der Waals surface area contributed by atoms with Gasteiger partial charge in [-0.3, -0.25) is 4.79 Å². The van der Waals surface area contributed by atoms with Crippen molar-refractivity contribution in [2.24, 2.45) is 0 Å². The molecule has 14 heteroatoms. The van der Waals surface area contributed by atoms with E-state index in [2.05, 4.69) is 10.1 Å². The molecule has 0 radical (unpaired) electrons. The average Bonchev–Trinajstić information content (AvgIpc) is 3.04. The summed E-state index contributed by atoms with van der Waals surface area (Å²) in [6.07, 6.45) is -9.93. The Morgan fingerprint density at radius 3 is 2.24 bits per heavy atom. The second-order valence-electron chi connectivity index (χ2n) is 9.38. The maximum atomic E-state index is 14.6. The third-order valence-corrected chi connectivity index (χ3v) is 6.30. The van der Waals surface area contributed by atoms with E-state index in [1.165, 1.54) is 26.0 Å². The number of nitrogens with one attached hydrogen (secondary N) is 1. The zero-order valence-corrected chi connectivity index (χ0v) is 21.2. The summed E-state index contributed by atoms with van der Waals surface area (Å²) in [6.45, 7) is 2.55. The highest BCUT2D eigenvalue weighted by molar-refractivity contribution is 6.23. The smallest absolute Gasteiger partial charge is 0.406 e. The molecule has 0 saturated carbocycles. The van der Waals surface area contributed by atoms with Crippen molar-refractivity contribution in [2.45, 2.75) is 38.5 Å². The van der Waals surface area contributed by atoms with Gasteiger partial charge in [0.05, 0.1) is 35.1 Å². The number of imide groups is 1. The van der Waals surface area contributed by atoms with Gasteiger partial charge >= 0.3 is 18.6 Å². The van der Waals surface area contributed by atoms with Crippen LogP contribution in [-0.2, 0) is 17.5 Å². The molecule has 1 heterocycles. The molecule has 0 atom stereocenters. The van der Waals surface area contributed by atoms with Gasteiger partial charge in [-0.15, -0.1) is 13.2 Å². The Labute approximate surface area is 228 Å². The fourth-order valence-corrected chi connectivity index (χ4v) is 4.22. The van der Waals surface area contributed by atoms with Gasteiger partial charge in [-0.25, -0.2) is 14.1 Å². The highest BCUT2D eigenvalue weighted by Gasteiger charge is 2.52. The largest absolute Gasteiger partial charge is 0.573 e. The summed E-state index contributed by atoms with van der Waals surface area (Å²) in [5, 5.41) is 11.8. The summed E-state index contributed by atoms with van der Waals surface area (Å²) in [4.78, 5) is 28.4. The van der Waals surface area contributed by atoms with Crippen LogP contribution in [0.15, 0.2) is 60.7 Å². The number of benzene rings is 3. The van der Waals surface area contributed by atoms with Gasteiger partial charge in [-0.1, -0.05) is 18.2 Å². The Morgan fingerprint density at radius 2 is 1.63 bits per heavy atom. The van der Waals surface area contributed by atoms with E-state index in [9.17, 15) is 40.3 Å². The van der Waals surface area contributed by atoms with Gasteiger partial charge in [-0.05, 0) is 55.8 Å². The fourth-order valence-electron chi connectivity index (χ4n) is 4.22. The zero-order valence-electron chi connectivity index (χ0n) is 21.2. The van der Waals surface area contributed by atoms with Crippen molar-refractivity contribution in [3.8, 4) is 11.8 Å². The molecule has 4 rings (SSSR count). The first-order chi connectivity index (χ1) is 19.0. The van der Waals surface area contributed by atoms with E-state index in [1.54, 1.807) is 18.2 Å². The van der Waals surface area contributed by atoms with Crippen LogP contribution >= 0.6 is 0 Å². The first kappa shape index (κ1) is 29.2. The van der Waals surface area contributed by atoms with E-state index in [-0.39, 0.29) is 23.6 Å². The molecule has 1 aliphatic heterocycles. The van der Waals surface area contributed by atoms with Crippen LogP contribution in [0.2, 0.25) is 0 Å². The van der Waals surface area contributed by atoms with Crippen molar-refractivity contribution in [1.29, 1.82) is 5.26 Å². The second kappa shape index (κ2) is 10.3. The maximum Gasteiger partial charge on any atom is 0.573 e. The van der Waals surface area contributed by atoms with E-state index >= 15 is 0 Å². The molecule has 3 aromatic carbocycles. The lowest BCUT2D eigenvalue weighted by molar-refractivity contribution is -0.274. The van der Waals surface area contributed by atoms with Crippen LogP contribution in [0.4, 0.5) is 52.6 Å². The lowest BCUT2D eigenvalue weighted by atomic mass is 10.0. The number of urea groups is 1. The molecule has 1 aliphatic rings. The normalized spacial score (nSPS) is 15.2. The third kappa shape index (κ3) is 5.88. The van der Waals surface area contributed by atoms with E-state index in [0.29, 0.717) is 22.6 Å². The van der Waals surface area contributed by atoms with Crippen LogP contribution in [0.25, 0.3) is 0 Å². The summed E-state index contributed by atoms with van der Waals surface area (Å²) >= 11 is 0. The number of carbonyl (C=O) groups is 2. The number of alkyl halides is 6. The molecule has 0 bridgehead atoms. The highest BCUT2D eigenvalue weighted by Crippen LogP contribution is 2.39. The monoisotopic (exact) mass is 580 g/mol. The maximum absolute atomic E-state index is 14.6. The van der Waals surface area contributed by atoms with Gasteiger partial charge in [0.25, 0.3) is 5.91 Å². The first-order valence-corrected chi connectivity index (χ1v) is 11.7. The number of hydrogen-bond acceptors (Lipinski definition) is 5. The molecular weight excluding hydrogens is 561 g/mol. The SMILES string of the molecule is CC1(C)C(=O)N(c2ccc(C#N)c(C(F)(F)F)c2)C(=O)N1Cc1ccccc1Nc1ccc(OC(F)(F)F)cc1F. The van der Waals surface area contributed by atoms with E-state index in [1.807, 2.05) is 0 Å². The zero-order chi connectivity index (χ0) is 30.3. The van der Waals surface area contributed by atoms with Crippen molar-refractivity contribution in [3.05, 3.63) is 83.2 Å². The van der Waals surface area contributed by atoms with E-state index in [0.717, 1.165) is 29.2 Å². The molecule has 1 saturated heterocycles. The minimum atomic E-state index is -5.01. The molecule has 1 N–H and O–H groups in total. The Morgan fingerprint density at radius 1 is 0.951 bits per heavy atom. The Bertz CT molecular complexity index is 1560. The number of ether oxygens (including phenoxy) is 1. The molecule has 3 amide bonds. The van der Waals surface area contributed by atoms with Crippen molar-refractivity contribution < 1.29 is 45.1 Å². The molecule has 0 aromatic heterocycles. The summed E-state index contributed by atoms with van der Waals surface area (Å²) in [5.41, 5.74) is -3.51.